The molecule has 1 aliphatic rings. The van der Waals surface area contributed by atoms with Gasteiger partial charge in [0, 0.05) is 25.1 Å². The number of nitrogens with zero attached hydrogens (tertiary/aromatic N) is 6. The molecule has 0 aliphatic carbocycles. The first-order valence-electron chi connectivity index (χ1n) is 11.3. The van der Waals surface area contributed by atoms with Gasteiger partial charge >= 0.3 is 11.9 Å². The van der Waals surface area contributed by atoms with Crippen LogP contribution in [0.2, 0.25) is 0 Å². The first-order valence-corrected chi connectivity index (χ1v) is 11.3. The monoisotopic (exact) mass is 510 g/mol. The van der Waals surface area contributed by atoms with Gasteiger partial charge in [-0.2, -0.15) is 9.97 Å². The molecule has 2 aromatic heterocycles. The Labute approximate surface area is 209 Å². The van der Waals surface area contributed by atoms with E-state index in [0.29, 0.717) is 24.3 Å². The Morgan fingerprint density at radius 3 is 2.70 bits per heavy atom. The standard InChI is InChI=1S/C22H24N9O6/c23-18-17-19(29-22(24)28-18)25-9-13(26-17)10-31(37)30-7-6-11-8-12(4-5-15(11)30)20(34)27-14(21(35)36)2-1-3-16(32)33/h4-5,8-9,14H,1-3,6-7,10H2,(H,27,34)(H,32,33)(H,35,36)(H4,23,24,25,28,29)/q-1/t14-/m0/s1. The van der Waals surface area contributed by atoms with Crippen LogP contribution in [-0.2, 0) is 22.6 Å². The van der Waals surface area contributed by atoms with Gasteiger partial charge in [-0.05, 0) is 43.0 Å². The van der Waals surface area contributed by atoms with Gasteiger partial charge in [0.25, 0.3) is 5.91 Å². The lowest BCUT2D eigenvalue weighted by Crippen LogP contribution is -2.40. The number of nitrogen functional groups attached to an aromatic ring is 2. The van der Waals surface area contributed by atoms with Gasteiger partial charge in [0.1, 0.15) is 6.04 Å². The zero-order valence-electron chi connectivity index (χ0n) is 19.5. The minimum Gasteiger partial charge on any atom is -0.767 e. The molecule has 1 aliphatic heterocycles. The van der Waals surface area contributed by atoms with E-state index in [9.17, 15) is 24.7 Å². The van der Waals surface area contributed by atoms with Crippen molar-refractivity contribution in [2.75, 3.05) is 23.0 Å². The van der Waals surface area contributed by atoms with E-state index in [2.05, 4.69) is 25.3 Å². The van der Waals surface area contributed by atoms with E-state index in [1.54, 1.807) is 12.1 Å². The highest BCUT2D eigenvalue weighted by atomic mass is 16.5. The van der Waals surface area contributed by atoms with Crippen molar-refractivity contribution in [3.63, 3.8) is 0 Å². The quantitative estimate of drug-likeness (QED) is 0.231. The maximum absolute atomic E-state index is 12.9. The molecule has 7 N–H and O–H groups in total. The van der Waals surface area contributed by atoms with Gasteiger partial charge in [0.2, 0.25) is 5.95 Å². The molecule has 1 atom stereocenters. The zero-order valence-corrected chi connectivity index (χ0v) is 19.5. The van der Waals surface area contributed by atoms with Gasteiger partial charge in [-0.15, -0.1) is 0 Å². The smallest absolute Gasteiger partial charge is 0.326 e. The van der Waals surface area contributed by atoms with Crippen LogP contribution in [0.5, 0.6) is 0 Å². The molecule has 0 unspecified atom stereocenters. The SMILES string of the molecule is Nc1nc(N)c2nc(CN([O-])N3CCc4cc(C(=O)N[C@@H](CCCC(=O)O)C(=O)O)ccc43)cnc2n1. The van der Waals surface area contributed by atoms with Gasteiger partial charge < -0.3 is 37.2 Å². The molecular formula is C22H24N9O6-. The van der Waals surface area contributed by atoms with Crippen LogP contribution in [0.25, 0.3) is 11.2 Å². The van der Waals surface area contributed by atoms with Crippen molar-refractivity contribution >= 4 is 46.5 Å². The number of carboxylic acids is 2. The normalized spacial score (nSPS) is 13.5. The molecule has 15 heteroatoms. The second-order valence-corrected chi connectivity index (χ2v) is 8.38. The van der Waals surface area contributed by atoms with E-state index in [0.717, 1.165) is 10.7 Å². The van der Waals surface area contributed by atoms with Crippen molar-refractivity contribution in [1.82, 2.24) is 30.4 Å². The Morgan fingerprint density at radius 1 is 1.19 bits per heavy atom. The van der Waals surface area contributed by atoms with Gasteiger partial charge in [-0.3, -0.25) is 14.8 Å². The predicted octanol–water partition coefficient (Wildman–Crippen LogP) is 0.300. The van der Waals surface area contributed by atoms with Crippen molar-refractivity contribution in [3.05, 3.63) is 46.4 Å². The van der Waals surface area contributed by atoms with E-state index in [1.165, 1.54) is 17.3 Å². The molecule has 3 heterocycles. The number of aliphatic carboxylic acids is 2. The summed E-state index contributed by atoms with van der Waals surface area (Å²) in [5.74, 6) is -2.87. The van der Waals surface area contributed by atoms with Crippen LogP contribution < -0.4 is 21.8 Å². The molecule has 194 valence electrons. The summed E-state index contributed by atoms with van der Waals surface area (Å²) in [6.45, 7) is 0.227. The molecule has 4 rings (SSSR count). The number of aromatic nitrogens is 4. The van der Waals surface area contributed by atoms with Crippen LogP contribution in [0.3, 0.4) is 0 Å². The fourth-order valence-corrected chi connectivity index (χ4v) is 4.00. The van der Waals surface area contributed by atoms with Gasteiger partial charge in [-0.25, -0.2) is 14.8 Å². The summed E-state index contributed by atoms with van der Waals surface area (Å²) in [5.41, 5.74) is 13.8. The molecule has 0 spiro atoms. The number of carbonyl (C=O) groups is 3. The van der Waals surface area contributed by atoms with Crippen LogP contribution in [0.15, 0.2) is 24.4 Å². The molecule has 0 saturated carbocycles. The predicted molar refractivity (Wildman–Crippen MR) is 131 cm³/mol. The number of carboxylic acid groups (broad SMARTS) is 2. The second kappa shape index (κ2) is 10.5. The molecule has 0 bridgehead atoms. The van der Waals surface area contributed by atoms with Gasteiger partial charge in [0.05, 0.1) is 17.6 Å². The Balaban J connectivity index is 1.43. The first-order chi connectivity index (χ1) is 17.6. The average molecular weight is 510 g/mol. The number of nitrogens with two attached hydrogens (primary N) is 2. The van der Waals surface area contributed by atoms with Gasteiger partial charge in [-0.1, -0.05) is 0 Å². The van der Waals surface area contributed by atoms with E-state index in [4.69, 9.17) is 16.6 Å². The highest BCUT2D eigenvalue weighted by Crippen LogP contribution is 2.30. The van der Waals surface area contributed by atoms with E-state index < -0.39 is 23.9 Å². The van der Waals surface area contributed by atoms with E-state index >= 15 is 0 Å². The topological polar surface area (TPSA) is 237 Å². The number of hydroxylamine groups is 1. The van der Waals surface area contributed by atoms with Crippen LogP contribution in [0, 0.1) is 5.21 Å². The van der Waals surface area contributed by atoms with E-state index in [1.807, 2.05) is 0 Å². The van der Waals surface area contributed by atoms with Crippen molar-refractivity contribution in [1.29, 1.82) is 0 Å². The Kier molecular flexibility index (Phi) is 7.26. The molecule has 0 radical (unpaired) electrons. The molecule has 15 nitrogen and oxygen atoms in total. The van der Waals surface area contributed by atoms with Crippen LogP contribution in [0.1, 0.15) is 40.9 Å². The summed E-state index contributed by atoms with van der Waals surface area (Å²) in [4.78, 5) is 51.1. The third kappa shape index (κ3) is 5.79. The number of carbonyl (C=O) groups excluding carboxylic acids is 1. The molecule has 1 aromatic carbocycles. The maximum Gasteiger partial charge on any atom is 0.326 e. The first kappa shape index (κ1) is 25.5. The largest absolute Gasteiger partial charge is 0.767 e. The summed E-state index contributed by atoms with van der Waals surface area (Å²) >= 11 is 0. The maximum atomic E-state index is 12.9. The lowest BCUT2D eigenvalue weighted by Gasteiger charge is -2.38. The fraction of sp³-hybridized carbons (Fsp3) is 0.318. The molecule has 37 heavy (non-hydrogen) atoms. The van der Waals surface area contributed by atoms with Crippen LogP contribution >= 0.6 is 0 Å². The summed E-state index contributed by atoms with van der Waals surface area (Å²) in [7, 11) is 0. The number of nitrogens with one attached hydrogen (secondary N) is 1. The summed E-state index contributed by atoms with van der Waals surface area (Å²) in [6, 6.07) is 3.50. The summed E-state index contributed by atoms with van der Waals surface area (Å²) in [6.07, 6.45) is 1.79. The fourth-order valence-electron chi connectivity index (χ4n) is 4.00. The molecular weight excluding hydrogens is 486 g/mol. The average Bonchev–Trinajstić information content (AvgIpc) is 3.27. The minimum absolute atomic E-state index is 0.0138. The lowest BCUT2D eigenvalue weighted by atomic mass is 10.1. The molecule has 3 aromatic rings. The number of rotatable bonds is 10. The van der Waals surface area contributed by atoms with Crippen molar-refractivity contribution < 1.29 is 24.6 Å². The third-order valence-electron chi connectivity index (χ3n) is 5.77. The number of hydrogen-bond donors (Lipinski definition) is 5. The highest BCUT2D eigenvalue weighted by molar-refractivity contribution is 5.97. The van der Waals surface area contributed by atoms with Gasteiger partial charge in [0.15, 0.2) is 17.0 Å². The zero-order chi connectivity index (χ0) is 26.7. The number of amides is 1. The number of anilines is 3. The van der Waals surface area contributed by atoms with Crippen LogP contribution in [0.4, 0.5) is 17.5 Å². The Hall–Kier alpha value is -4.63. The lowest BCUT2D eigenvalue weighted by molar-refractivity contribution is -0.140. The van der Waals surface area contributed by atoms with Crippen LogP contribution in [-0.4, -0.2) is 65.8 Å². The Morgan fingerprint density at radius 2 is 1.97 bits per heavy atom. The molecule has 0 fully saturated rings. The summed E-state index contributed by atoms with van der Waals surface area (Å²) < 4.78 is 0. The van der Waals surface area contributed by atoms with Crippen molar-refractivity contribution in [2.45, 2.75) is 38.3 Å². The highest BCUT2D eigenvalue weighted by Gasteiger charge is 2.25. The Bertz CT molecular complexity index is 1370. The molecule has 0 saturated heterocycles. The van der Waals surface area contributed by atoms with Crippen molar-refractivity contribution in [3.8, 4) is 0 Å². The van der Waals surface area contributed by atoms with Crippen molar-refractivity contribution in [2.24, 2.45) is 0 Å². The number of hydrazine groups is 1. The second-order valence-electron chi connectivity index (χ2n) is 8.38. The number of benzene rings is 1. The number of fused-ring (bicyclic) bond motifs is 2. The minimum atomic E-state index is -1.25. The third-order valence-corrected chi connectivity index (χ3v) is 5.77. The molecule has 1 amide bonds. The number of hydrogen-bond acceptors (Lipinski definition) is 12. The van der Waals surface area contributed by atoms with E-state index in [-0.39, 0.29) is 54.3 Å². The summed E-state index contributed by atoms with van der Waals surface area (Å²) in [5, 5.41) is 35.7.